The number of nitrogens with zero attached hydrogens (tertiary/aromatic N) is 3. The lowest BCUT2D eigenvalue weighted by molar-refractivity contribution is -0.119. The number of amides is 1. The van der Waals surface area contributed by atoms with Gasteiger partial charge in [0, 0.05) is 23.0 Å². The lowest BCUT2D eigenvalue weighted by Crippen LogP contribution is -2.39. The molecule has 0 bridgehead atoms. The molecule has 0 unspecified atom stereocenters. The number of hydrogen-bond acceptors (Lipinski definition) is 7. The predicted octanol–water partition coefficient (Wildman–Crippen LogP) is 3.09. The summed E-state index contributed by atoms with van der Waals surface area (Å²) in [5, 5.41) is 10.4. The zero-order chi connectivity index (χ0) is 22.0. The molecule has 0 radical (unpaired) electrons. The summed E-state index contributed by atoms with van der Waals surface area (Å²) in [7, 11) is 4.75. The molecule has 2 atom stereocenters. The molecule has 2 heterocycles. The van der Waals surface area contributed by atoms with Gasteiger partial charge in [0.1, 0.15) is 35.5 Å². The minimum absolute atomic E-state index is 0.244. The van der Waals surface area contributed by atoms with Crippen LogP contribution in [-0.4, -0.2) is 42.0 Å². The van der Waals surface area contributed by atoms with Crippen molar-refractivity contribution in [1.29, 1.82) is 0 Å². The lowest BCUT2D eigenvalue weighted by Gasteiger charge is -2.34. The summed E-state index contributed by atoms with van der Waals surface area (Å²) in [6, 6.07) is 12.0. The number of fused-ring (bicyclic) bond motifs is 1. The molecule has 2 N–H and O–H groups in total. The minimum Gasteiger partial charge on any atom is -0.497 e. The Balaban J connectivity index is 1.74. The first-order chi connectivity index (χ1) is 15.0. The third-order valence-electron chi connectivity index (χ3n) is 5.20. The first kappa shape index (κ1) is 20.3. The topological polar surface area (TPSA) is 99.5 Å². The molecule has 1 aliphatic heterocycles. The van der Waals surface area contributed by atoms with Crippen LogP contribution in [0.3, 0.4) is 0 Å². The van der Waals surface area contributed by atoms with Gasteiger partial charge in [-0.25, -0.2) is 4.68 Å². The summed E-state index contributed by atoms with van der Waals surface area (Å²) in [5.41, 5.74) is 1.91. The van der Waals surface area contributed by atoms with Crippen molar-refractivity contribution < 1.29 is 19.0 Å². The van der Waals surface area contributed by atoms with Gasteiger partial charge in [-0.15, -0.1) is 0 Å². The second-order valence-electron chi connectivity index (χ2n) is 6.93. The molecule has 4 rings (SSSR count). The van der Waals surface area contributed by atoms with Crippen LogP contribution in [0.25, 0.3) is 0 Å². The standard InChI is InChI=1S/C22H23N5O4/c1-13-19(21(28)26-14-5-7-15(29-2)8-6-14)20(27-22(25-13)23-12-24-27)17-10-9-16(30-3)11-18(17)31-4/h5-12,19-20H,1H2,2-4H3,(H,26,28)(H,23,24,25)/t19-,20+/m0/s1. The van der Waals surface area contributed by atoms with Gasteiger partial charge in [0.05, 0.1) is 21.3 Å². The molecular weight excluding hydrogens is 398 g/mol. The molecule has 3 aromatic rings. The molecule has 0 fully saturated rings. The van der Waals surface area contributed by atoms with Crippen LogP contribution < -0.4 is 24.8 Å². The van der Waals surface area contributed by atoms with Crippen molar-refractivity contribution in [1.82, 2.24) is 14.8 Å². The van der Waals surface area contributed by atoms with E-state index in [9.17, 15) is 4.79 Å². The Morgan fingerprint density at radius 2 is 1.77 bits per heavy atom. The van der Waals surface area contributed by atoms with Crippen LogP contribution in [0.15, 0.2) is 61.1 Å². The third kappa shape index (κ3) is 3.77. The van der Waals surface area contributed by atoms with Gasteiger partial charge in [0.15, 0.2) is 0 Å². The first-order valence-corrected chi connectivity index (χ1v) is 9.58. The number of carbonyl (C=O) groups is 1. The second kappa shape index (κ2) is 8.39. The van der Waals surface area contributed by atoms with Gasteiger partial charge in [-0.2, -0.15) is 10.1 Å². The van der Waals surface area contributed by atoms with Crippen molar-refractivity contribution in [3.05, 3.63) is 66.6 Å². The van der Waals surface area contributed by atoms with Gasteiger partial charge in [0.25, 0.3) is 0 Å². The fraction of sp³-hybridized carbons (Fsp3) is 0.227. The van der Waals surface area contributed by atoms with Crippen LogP contribution >= 0.6 is 0 Å². The van der Waals surface area contributed by atoms with Crippen molar-refractivity contribution in [3.8, 4) is 17.2 Å². The Kier molecular flexibility index (Phi) is 5.48. The number of methoxy groups -OCH3 is 3. The van der Waals surface area contributed by atoms with E-state index in [-0.39, 0.29) is 5.91 Å². The van der Waals surface area contributed by atoms with E-state index in [1.54, 1.807) is 56.3 Å². The highest BCUT2D eigenvalue weighted by molar-refractivity contribution is 5.95. The summed E-state index contributed by atoms with van der Waals surface area (Å²) in [4.78, 5) is 17.6. The zero-order valence-corrected chi connectivity index (χ0v) is 17.5. The number of anilines is 2. The molecule has 1 aliphatic rings. The third-order valence-corrected chi connectivity index (χ3v) is 5.20. The largest absolute Gasteiger partial charge is 0.497 e. The van der Waals surface area contributed by atoms with E-state index in [1.807, 2.05) is 12.1 Å². The summed E-state index contributed by atoms with van der Waals surface area (Å²) in [5.74, 6) is 1.50. The van der Waals surface area contributed by atoms with Crippen LogP contribution in [0.4, 0.5) is 11.6 Å². The highest BCUT2D eigenvalue weighted by Gasteiger charge is 2.41. The smallest absolute Gasteiger partial charge is 0.235 e. The summed E-state index contributed by atoms with van der Waals surface area (Å²) in [6.45, 7) is 4.09. The van der Waals surface area contributed by atoms with Gasteiger partial charge in [-0.1, -0.05) is 6.58 Å². The van der Waals surface area contributed by atoms with Crippen molar-refractivity contribution >= 4 is 17.5 Å². The average Bonchev–Trinajstić information content (AvgIpc) is 3.26. The van der Waals surface area contributed by atoms with Crippen LogP contribution in [0.2, 0.25) is 0 Å². The highest BCUT2D eigenvalue weighted by atomic mass is 16.5. The molecule has 31 heavy (non-hydrogen) atoms. The Morgan fingerprint density at radius 1 is 1.06 bits per heavy atom. The number of nitrogens with one attached hydrogen (secondary N) is 2. The van der Waals surface area contributed by atoms with Gasteiger partial charge >= 0.3 is 0 Å². The maximum absolute atomic E-state index is 13.4. The summed E-state index contributed by atoms with van der Waals surface area (Å²) < 4.78 is 17.8. The molecule has 1 amide bonds. The molecule has 160 valence electrons. The van der Waals surface area contributed by atoms with E-state index < -0.39 is 12.0 Å². The van der Waals surface area contributed by atoms with E-state index in [0.29, 0.717) is 34.6 Å². The van der Waals surface area contributed by atoms with Crippen LogP contribution in [0.5, 0.6) is 17.2 Å². The number of aromatic nitrogens is 3. The van der Waals surface area contributed by atoms with Gasteiger partial charge in [-0.05, 0) is 36.4 Å². The van der Waals surface area contributed by atoms with Gasteiger partial charge < -0.3 is 24.8 Å². The number of benzene rings is 2. The fourth-order valence-corrected chi connectivity index (χ4v) is 3.67. The number of hydrogen-bond donors (Lipinski definition) is 2. The number of ether oxygens (including phenoxy) is 3. The van der Waals surface area contributed by atoms with Gasteiger partial charge in [-0.3, -0.25) is 4.79 Å². The maximum atomic E-state index is 13.4. The lowest BCUT2D eigenvalue weighted by atomic mass is 9.87. The maximum Gasteiger partial charge on any atom is 0.235 e. The normalized spacial score (nSPS) is 17.3. The monoisotopic (exact) mass is 421 g/mol. The predicted molar refractivity (Wildman–Crippen MR) is 116 cm³/mol. The Bertz CT molecular complexity index is 1110. The number of rotatable bonds is 6. The molecule has 0 spiro atoms. The van der Waals surface area contributed by atoms with Crippen molar-refractivity contribution in [3.63, 3.8) is 0 Å². The summed E-state index contributed by atoms with van der Waals surface area (Å²) in [6.07, 6.45) is 1.43. The molecule has 2 aromatic carbocycles. The fourth-order valence-electron chi connectivity index (χ4n) is 3.67. The van der Waals surface area contributed by atoms with E-state index in [4.69, 9.17) is 14.2 Å². The van der Waals surface area contributed by atoms with Gasteiger partial charge in [0.2, 0.25) is 11.9 Å². The quantitative estimate of drug-likeness (QED) is 0.631. The average molecular weight is 421 g/mol. The highest BCUT2D eigenvalue weighted by Crippen LogP contribution is 2.42. The zero-order valence-electron chi connectivity index (χ0n) is 17.5. The Labute approximate surface area is 179 Å². The van der Waals surface area contributed by atoms with Crippen LogP contribution in [-0.2, 0) is 4.79 Å². The van der Waals surface area contributed by atoms with Crippen LogP contribution in [0, 0.1) is 5.92 Å². The van der Waals surface area contributed by atoms with E-state index in [1.165, 1.54) is 6.33 Å². The Morgan fingerprint density at radius 3 is 2.45 bits per heavy atom. The second-order valence-corrected chi connectivity index (χ2v) is 6.93. The van der Waals surface area contributed by atoms with Crippen molar-refractivity contribution in [2.75, 3.05) is 32.0 Å². The number of carbonyl (C=O) groups excluding carboxylic acids is 1. The molecule has 9 nitrogen and oxygen atoms in total. The minimum atomic E-state index is -0.682. The van der Waals surface area contributed by atoms with E-state index in [2.05, 4.69) is 27.3 Å². The molecular formula is C22H23N5O4. The molecule has 9 heteroatoms. The Hall–Kier alpha value is -4.01. The van der Waals surface area contributed by atoms with Crippen molar-refractivity contribution in [2.24, 2.45) is 5.92 Å². The SMILES string of the molecule is C=C1Nc2ncnn2[C@H](c2ccc(OC)cc2OC)[C@H]1C(=O)Nc1ccc(OC)cc1. The molecule has 0 saturated heterocycles. The molecule has 0 aliphatic carbocycles. The van der Waals surface area contributed by atoms with Crippen LogP contribution in [0.1, 0.15) is 11.6 Å². The van der Waals surface area contributed by atoms with E-state index >= 15 is 0 Å². The molecule has 1 aromatic heterocycles. The summed E-state index contributed by atoms with van der Waals surface area (Å²) >= 11 is 0. The first-order valence-electron chi connectivity index (χ1n) is 9.58. The molecule has 0 saturated carbocycles. The van der Waals surface area contributed by atoms with E-state index in [0.717, 1.165) is 5.56 Å². The van der Waals surface area contributed by atoms with Crippen molar-refractivity contribution in [2.45, 2.75) is 6.04 Å².